The minimum Gasteiger partial charge on any atom is -0.329 e. The SMILES string of the molecule is CCC(C)(C)C1CCC(CN)(N2CCCCCC2C)CC1. The Kier molecular flexibility index (Phi) is 5.76. The monoisotopic (exact) mass is 294 g/mol. The maximum Gasteiger partial charge on any atom is 0.0334 e. The zero-order valence-corrected chi connectivity index (χ0v) is 15.0. The number of hydrogen-bond donors (Lipinski definition) is 1. The lowest BCUT2D eigenvalue weighted by atomic mass is 9.65. The second-order valence-corrected chi connectivity index (χ2v) is 8.44. The third kappa shape index (κ3) is 3.64. The third-order valence-corrected chi connectivity index (χ3v) is 6.97. The van der Waals surface area contributed by atoms with E-state index in [0.717, 1.165) is 18.5 Å². The number of nitrogens with two attached hydrogens (primary N) is 1. The fourth-order valence-electron chi connectivity index (χ4n) is 4.81. The van der Waals surface area contributed by atoms with Crippen molar-refractivity contribution in [3.8, 4) is 0 Å². The van der Waals surface area contributed by atoms with Crippen LogP contribution in [0.1, 0.15) is 85.5 Å². The van der Waals surface area contributed by atoms with Crippen LogP contribution >= 0.6 is 0 Å². The molecule has 2 rings (SSSR count). The van der Waals surface area contributed by atoms with Gasteiger partial charge in [-0.25, -0.2) is 0 Å². The van der Waals surface area contributed by atoms with Crippen molar-refractivity contribution in [2.45, 2.75) is 97.1 Å². The Balaban J connectivity index is 2.06. The lowest BCUT2D eigenvalue weighted by Crippen LogP contribution is -2.59. The second-order valence-electron chi connectivity index (χ2n) is 8.44. The van der Waals surface area contributed by atoms with Gasteiger partial charge in [-0.15, -0.1) is 0 Å². The summed E-state index contributed by atoms with van der Waals surface area (Å²) in [6.07, 6.45) is 12.2. The van der Waals surface area contributed by atoms with Gasteiger partial charge in [-0.05, 0) is 63.3 Å². The molecular formula is C19H38N2. The molecule has 1 saturated carbocycles. The molecule has 0 aromatic heterocycles. The fourth-order valence-corrected chi connectivity index (χ4v) is 4.81. The maximum absolute atomic E-state index is 6.33. The topological polar surface area (TPSA) is 29.3 Å². The summed E-state index contributed by atoms with van der Waals surface area (Å²) in [5.74, 6) is 0.893. The van der Waals surface area contributed by atoms with Gasteiger partial charge in [0, 0.05) is 18.1 Å². The molecule has 2 N–H and O–H groups in total. The molecule has 1 heterocycles. The van der Waals surface area contributed by atoms with E-state index in [1.165, 1.54) is 64.3 Å². The first-order valence-corrected chi connectivity index (χ1v) is 9.42. The third-order valence-electron chi connectivity index (χ3n) is 6.97. The van der Waals surface area contributed by atoms with Crippen LogP contribution in [0.25, 0.3) is 0 Å². The first kappa shape index (κ1) is 17.3. The van der Waals surface area contributed by atoms with Crippen LogP contribution in [0.4, 0.5) is 0 Å². The summed E-state index contributed by atoms with van der Waals surface area (Å²) in [5, 5.41) is 0. The molecule has 1 atom stereocenters. The zero-order valence-electron chi connectivity index (χ0n) is 15.0. The van der Waals surface area contributed by atoms with Gasteiger partial charge < -0.3 is 5.73 Å². The van der Waals surface area contributed by atoms with Crippen molar-refractivity contribution < 1.29 is 0 Å². The van der Waals surface area contributed by atoms with E-state index in [1.54, 1.807) is 0 Å². The van der Waals surface area contributed by atoms with Crippen molar-refractivity contribution in [2.24, 2.45) is 17.1 Å². The molecule has 1 unspecified atom stereocenters. The van der Waals surface area contributed by atoms with Gasteiger partial charge in [-0.3, -0.25) is 4.90 Å². The largest absolute Gasteiger partial charge is 0.329 e. The molecule has 21 heavy (non-hydrogen) atoms. The molecule has 124 valence electrons. The molecule has 0 bridgehead atoms. The van der Waals surface area contributed by atoms with E-state index in [-0.39, 0.29) is 0 Å². The summed E-state index contributed by atoms with van der Waals surface area (Å²) in [7, 11) is 0. The van der Waals surface area contributed by atoms with Crippen molar-refractivity contribution in [1.29, 1.82) is 0 Å². The van der Waals surface area contributed by atoms with Gasteiger partial charge in [0.1, 0.15) is 0 Å². The summed E-state index contributed by atoms with van der Waals surface area (Å²) >= 11 is 0. The molecule has 1 aliphatic heterocycles. The van der Waals surface area contributed by atoms with Gasteiger partial charge >= 0.3 is 0 Å². The van der Waals surface area contributed by atoms with Crippen LogP contribution in [-0.4, -0.2) is 29.6 Å². The summed E-state index contributed by atoms with van der Waals surface area (Å²) < 4.78 is 0. The van der Waals surface area contributed by atoms with Gasteiger partial charge in [0.05, 0.1) is 0 Å². The number of hydrogen-bond acceptors (Lipinski definition) is 2. The molecule has 2 fully saturated rings. The lowest BCUT2D eigenvalue weighted by Gasteiger charge is -2.52. The molecule has 0 radical (unpaired) electrons. The summed E-state index contributed by atoms with van der Waals surface area (Å²) in [6.45, 7) is 11.8. The van der Waals surface area contributed by atoms with E-state index in [2.05, 4.69) is 32.6 Å². The highest BCUT2D eigenvalue weighted by Crippen LogP contribution is 2.46. The molecule has 0 aromatic carbocycles. The minimum absolute atomic E-state index is 0.310. The number of likely N-dealkylation sites (tertiary alicyclic amines) is 1. The van der Waals surface area contributed by atoms with Gasteiger partial charge in [0.25, 0.3) is 0 Å². The summed E-state index contributed by atoms with van der Waals surface area (Å²) in [5.41, 5.74) is 7.14. The quantitative estimate of drug-likeness (QED) is 0.822. The van der Waals surface area contributed by atoms with Crippen LogP contribution in [0.5, 0.6) is 0 Å². The number of nitrogens with zero attached hydrogens (tertiary/aromatic N) is 1. The highest BCUT2D eigenvalue weighted by Gasteiger charge is 2.43. The normalized spacial score (nSPS) is 36.4. The molecule has 0 spiro atoms. The highest BCUT2D eigenvalue weighted by molar-refractivity contribution is 5.00. The van der Waals surface area contributed by atoms with Gasteiger partial charge in [0.2, 0.25) is 0 Å². The van der Waals surface area contributed by atoms with E-state index < -0.39 is 0 Å². The van der Waals surface area contributed by atoms with Crippen molar-refractivity contribution >= 4 is 0 Å². The Morgan fingerprint density at radius 3 is 2.33 bits per heavy atom. The van der Waals surface area contributed by atoms with Gasteiger partial charge in [-0.2, -0.15) is 0 Å². The van der Waals surface area contributed by atoms with Crippen LogP contribution < -0.4 is 5.73 Å². The van der Waals surface area contributed by atoms with Crippen molar-refractivity contribution in [1.82, 2.24) is 4.90 Å². The first-order valence-electron chi connectivity index (χ1n) is 9.42. The standard InChI is InChI=1S/C19H38N2/c1-5-18(3,4)17-10-12-19(15-20,13-11-17)21-14-8-6-7-9-16(21)2/h16-17H,5-15,20H2,1-4H3. The molecule has 2 aliphatic rings. The van der Waals surface area contributed by atoms with Crippen molar-refractivity contribution in [2.75, 3.05) is 13.1 Å². The average Bonchev–Trinajstić information content (AvgIpc) is 2.72. The summed E-state index contributed by atoms with van der Waals surface area (Å²) in [6, 6.07) is 0.729. The fraction of sp³-hybridized carbons (Fsp3) is 1.00. The van der Waals surface area contributed by atoms with Crippen LogP contribution in [0.15, 0.2) is 0 Å². The van der Waals surface area contributed by atoms with E-state index in [9.17, 15) is 0 Å². The molecule has 1 aliphatic carbocycles. The van der Waals surface area contributed by atoms with Crippen LogP contribution in [-0.2, 0) is 0 Å². The first-order chi connectivity index (χ1) is 9.95. The highest BCUT2D eigenvalue weighted by atomic mass is 15.2. The molecule has 1 saturated heterocycles. The summed E-state index contributed by atoms with van der Waals surface area (Å²) in [4.78, 5) is 2.81. The Morgan fingerprint density at radius 1 is 1.10 bits per heavy atom. The molecule has 0 amide bonds. The smallest absolute Gasteiger partial charge is 0.0334 e. The Labute approximate surface area is 132 Å². The molecule has 2 nitrogen and oxygen atoms in total. The average molecular weight is 295 g/mol. The maximum atomic E-state index is 6.33. The predicted octanol–water partition coefficient (Wildman–Crippen LogP) is 4.57. The minimum atomic E-state index is 0.310. The van der Waals surface area contributed by atoms with Gasteiger partial charge in [0.15, 0.2) is 0 Å². The predicted molar refractivity (Wildman–Crippen MR) is 92.5 cm³/mol. The van der Waals surface area contributed by atoms with E-state index in [4.69, 9.17) is 5.73 Å². The van der Waals surface area contributed by atoms with Crippen molar-refractivity contribution in [3.05, 3.63) is 0 Å². The Hall–Kier alpha value is -0.0800. The lowest BCUT2D eigenvalue weighted by molar-refractivity contribution is -0.00454. The van der Waals surface area contributed by atoms with E-state index >= 15 is 0 Å². The van der Waals surface area contributed by atoms with Crippen LogP contribution in [0.2, 0.25) is 0 Å². The Morgan fingerprint density at radius 2 is 1.76 bits per heavy atom. The number of rotatable bonds is 4. The molecule has 0 aromatic rings. The van der Waals surface area contributed by atoms with Crippen molar-refractivity contribution in [3.63, 3.8) is 0 Å². The second kappa shape index (κ2) is 7.00. The van der Waals surface area contributed by atoms with Crippen LogP contribution in [0.3, 0.4) is 0 Å². The molecule has 2 heteroatoms. The van der Waals surface area contributed by atoms with Gasteiger partial charge in [-0.1, -0.05) is 40.0 Å². The van der Waals surface area contributed by atoms with E-state index in [0.29, 0.717) is 11.0 Å². The van der Waals surface area contributed by atoms with Crippen LogP contribution in [0, 0.1) is 11.3 Å². The molecular weight excluding hydrogens is 256 g/mol. The van der Waals surface area contributed by atoms with E-state index in [1.807, 2.05) is 0 Å². The zero-order chi connectivity index (χ0) is 15.5. The Bertz CT molecular complexity index is 316.